The normalized spacial score (nSPS) is 14.1. The third-order valence-corrected chi connectivity index (χ3v) is 3.30. The van der Waals surface area contributed by atoms with Crippen molar-refractivity contribution in [1.82, 2.24) is 0 Å². The van der Waals surface area contributed by atoms with Crippen LogP contribution in [0, 0.1) is 13.8 Å². The number of hydrogen-bond acceptors (Lipinski definition) is 1. The van der Waals surface area contributed by atoms with Gasteiger partial charge in [-0.1, -0.05) is 23.7 Å². The van der Waals surface area contributed by atoms with Crippen molar-refractivity contribution >= 4 is 16.6 Å². The third kappa shape index (κ3) is 1.28. The molecule has 0 bridgehead atoms. The maximum Gasteiger partial charge on any atom is 0.0447 e. The lowest BCUT2D eigenvalue weighted by Gasteiger charge is -2.13. The second-order valence-corrected chi connectivity index (χ2v) is 4.20. The lowest BCUT2D eigenvalue weighted by atomic mass is 9.94. The highest BCUT2D eigenvalue weighted by molar-refractivity contribution is 6.49. The monoisotopic (exact) mass is 207 g/mol. The van der Waals surface area contributed by atoms with Crippen LogP contribution >= 0.6 is 11.6 Å². The van der Waals surface area contributed by atoms with Gasteiger partial charge in [-0.3, -0.25) is 0 Å². The second-order valence-electron chi connectivity index (χ2n) is 3.79. The van der Waals surface area contributed by atoms with Gasteiger partial charge < -0.3 is 5.73 Å². The van der Waals surface area contributed by atoms with Crippen molar-refractivity contribution in [2.45, 2.75) is 26.8 Å². The van der Waals surface area contributed by atoms with Gasteiger partial charge in [0.15, 0.2) is 0 Å². The minimum atomic E-state index is 0.592. The fourth-order valence-corrected chi connectivity index (χ4v) is 2.56. The van der Waals surface area contributed by atoms with E-state index in [4.69, 9.17) is 17.3 Å². The molecule has 1 aliphatic carbocycles. The highest BCUT2D eigenvalue weighted by Gasteiger charge is 2.18. The molecule has 1 aliphatic rings. The molecule has 0 atom stereocenters. The van der Waals surface area contributed by atoms with Crippen LogP contribution in [0.15, 0.2) is 12.1 Å². The number of hydrogen-bond donors (Lipinski definition) is 1. The molecule has 1 aromatic rings. The van der Waals surface area contributed by atoms with Crippen LogP contribution in [-0.2, 0) is 13.0 Å². The maximum atomic E-state index is 6.15. The van der Waals surface area contributed by atoms with Gasteiger partial charge in [0.2, 0.25) is 0 Å². The van der Waals surface area contributed by atoms with E-state index in [0.29, 0.717) is 6.54 Å². The molecule has 0 amide bonds. The SMILES string of the molecule is Cc1cc2c(c(C)c1CN)C(Cl)=CC2. The van der Waals surface area contributed by atoms with Crippen molar-refractivity contribution in [1.29, 1.82) is 0 Å². The Hall–Kier alpha value is -0.790. The number of benzene rings is 1. The van der Waals surface area contributed by atoms with Gasteiger partial charge in [-0.15, -0.1) is 0 Å². The van der Waals surface area contributed by atoms with Crippen LogP contribution in [0.25, 0.3) is 5.03 Å². The average molecular weight is 208 g/mol. The number of allylic oxidation sites excluding steroid dienone is 1. The van der Waals surface area contributed by atoms with Crippen molar-refractivity contribution in [3.8, 4) is 0 Å². The summed E-state index contributed by atoms with van der Waals surface area (Å²) in [7, 11) is 0. The molecular weight excluding hydrogens is 194 g/mol. The molecule has 2 heteroatoms. The van der Waals surface area contributed by atoms with Gasteiger partial charge in [0.1, 0.15) is 0 Å². The van der Waals surface area contributed by atoms with Crippen LogP contribution in [0.4, 0.5) is 0 Å². The molecule has 2 rings (SSSR count). The summed E-state index contributed by atoms with van der Waals surface area (Å²) in [5.74, 6) is 0. The highest BCUT2D eigenvalue weighted by atomic mass is 35.5. The summed E-state index contributed by atoms with van der Waals surface area (Å²) in [4.78, 5) is 0. The number of aryl methyl sites for hydroxylation is 1. The Kier molecular flexibility index (Phi) is 2.38. The van der Waals surface area contributed by atoms with Crippen LogP contribution < -0.4 is 5.73 Å². The lowest BCUT2D eigenvalue weighted by molar-refractivity contribution is 1.02. The van der Waals surface area contributed by atoms with Gasteiger partial charge in [0, 0.05) is 11.6 Å². The molecule has 0 spiro atoms. The van der Waals surface area contributed by atoms with Crippen molar-refractivity contribution in [3.63, 3.8) is 0 Å². The molecule has 0 saturated carbocycles. The van der Waals surface area contributed by atoms with Gasteiger partial charge in [-0.25, -0.2) is 0 Å². The summed E-state index contributed by atoms with van der Waals surface area (Å²) in [5, 5.41) is 0.882. The first-order valence-electron chi connectivity index (χ1n) is 4.83. The van der Waals surface area contributed by atoms with E-state index >= 15 is 0 Å². The quantitative estimate of drug-likeness (QED) is 0.753. The van der Waals surface area contributed by atoms with E-state index in [1.807, 2.05) is 0 Å². The molecule has 1 nitrogen and oxygen atoms in total. The fraction of sp³-hybridized carbons (Fsp3) is 0.333. The van der Waals surface area contributed by atoms with Gasteiger partial charge in [0.05, 0.1) is 0 Å². The van der Waals surface area contributed by atoms with Gasteiger partial charge >= 0.3 is 0 Å². The summed E-state index contributed by atoms with van der Waals surface area (Å²) >= 11 is 6.15. The predicted octanol–water partition coefficient (Wildman–Crippen LogP) is 2.90. The Morgan fingerprint density at radius 3 is 2.79 bits per heavy atom. The molecule has 0 heterocycles. The molecule has 0 aliphatic heterocycles. The zero-order chi connectivity index (χ0) is 10.3. The van der Waals surface area contributed by atoms with E-state index < -0.39 is 0 Å². The summed E-state index contributed by atoms with van der Waals surface area (Å²) in [6.07, 6.45) is 3.03. The Balaban J connectivity index is 2.70. The van der Waals surface area contributed by atoms with E-state index in [0.717, 1.165) is 11.5 Å². The first-order chi connectivity index (χ1) is 6.65. The smallest absolute Gasteiger partial charge is 0.0447 e. The number of nitrogens with two attached hydrogens (primary N) is 1. The van der Waals surface area contributed by atoms with E-state index in [-0.39, 0.29) is 0 Å². The first kappa shape index (κ1) is 9.75. The van der Waals surface area contributed by atoms with Crippen LogP contribution in [0.1, 0.15) is 27.8 Å². The molecule has 0 fully saturated rings. The predicted molar refractivity (Wildman–Crippen MR) is 61.3 cm³/mol. The maximum absolute atomic E-state index is 6.15. The molecular formula is C12H14ClN. The summed E-state index contributed by atoms with van der Waals surface area (Å²) < 4.78 is 0. The molecule has 0 aromatic heterocycles. The van der Waals surface area contributed by atoms with Crippen LogP contribution in [0.3, 0.4) is 0 Å². The highest BCUT2D eigenvalue weighted by Crippen LogP contribution is 2.35. The zero-order valence-corrected chi connectivity index (χ0v) is 9.28. The first-order valence-corrected chi connectivity index (χ1v) is 5.21. The van der Waals surface area contributed by atoms with Crippen molar-refractivity contribution in [2.75, 3.05) is 0 Å². The molecule has 74 valence electrons. The third-order valence-electron chi connectivity index (χ3n) is 2.96. The van der Waals surface area contributed by atoms with Crippen LogP contribution in [-0.4, -0.2) is 0 Å². The molecule has 0 unspecified atom stereocenters. The van der Waals surface area contributed by atoms with Gasteiger partial charge in [0.25, 0.3) is 0 Å². The van der Waals surface area contributed by atoms with Crippen LogP contribution in [0.5, 0.6) is 0 Å². The molecule has 14 heavy (non-hydrogen) atoms. The Morgan fingerprint density at radius 1 is 1.43 bits per heavy atom. The lowest BCUT2D eigenvalue weighted by Crippen LogP contribution is -2.05. The summed E-state index contributed by atoms with van der Waals surface area (Å²) in [5.41, 5.74) is 12.0. The number of rotatable bonds is 1. The molecule has 0 saturated heterocycles. The standard InChI is InChI=1S/C12H14ClN/c1-7-5-9-3-4-11(13)12(9)8(2)10(7)6-14/h4-5H,3,6,14H2,1-2H3. The van der Waals surface area contributed by atoms with E-state index in [9.17, 15) is 0 Å². The summed E-state index contributed by atoms with van der Waals surface area (Å²) in [6.45, 7) is 4.81. The van der Waals surface area contributed by atoms with E-state index in [1.54, 1.807) is 0 Å². The minimum Gasteiger partial charge on any atom is -0.326 e. The Labute approximate surface area is 89.6 Å². The van der Waals surface area contributed by atoms with Crippen molar-refractivity contribution in [3.05, 3.63) is 40.0 Å². The second kappa shape index (κ2) is 3.41. The topological polar surface area (TPSA) is 26.0 Å². The van der Waals surface area contributed by atoms with Crippen LogP contribution in [0.2, 0.25) is 0 Å². The molecule has 2 N–H and O–H groups in total. The molecule has 0 radical (unpaired) electrons. The summed E-state index contributed by atoms with van der Waals surface area (Å²) in [6, 6.07) is 2.20. The number of fused-ring (bicyclic) bond motifs is 1. The average Bonchev–Trinajstić information content (AvgIpc) is 2.48. The van der Waals surface area contributed by atoms with Gasteiger partial charge in [-0.2, -0.15) is 0 Å². The van der Waals surface area contributed by atoms with Crippen molar-refractivity contribution in [2.24, 2.45) is 5.73 Å². The Bertz CT molecular complexity index is 419. The van der Waals surface area contributed by atoms with Crippen molar-refractivity contribution < 1.29 is 0 Å². The van der Waals surface area contributed by atoms with E-state index in [2.05, 4.69) is 26.0 Å². The van der Waals surface area contributed by atoms with E-state index in [1.165, 1.54) is 27.8 Å². The van der Waals surface area contributed by atoms with Gasteiger partial charge in [-0.05, 0) is 48.1 Å². The zero-order valence-electron chi connectivity index (χ0n) is 8.52. The Morgan fingerprint density at radius 2 is 2.14 bits per heavy atom. The fourth-order valence-electron chi connectivity index (χ4n) is 2.22. The molecule has 1 aromatic carbocycles. The largest absolute Gasteiger partial charge is 0.326 e. The minimum absolute atomic E-state index is 0.592. The number of halogens is 1.